The van der Waals surface area contributed by atoms with Crippen LogP contribution in [0.15, 0.2) is 0 Å². The topological polar surface area (TPSA) is 191 Å². The van der Waals surface area contributed by atoms with Gasteiger partial charge in [-0.15, -0.1) is 0 Å². The minimum absolute atomic E-state index is 0.0305. The molecule has 0 radical (unpaired) electrons. The Kier molecular flexibility index (Phi) is 10.2. The smallest absolute Gasteiger partial charge is 0.315 e. The van der Waals surface area contributed by atoms with Crippen molar-refractivity contribution >= 4 is 39.7 Å². The second kappa shape index (κ2) is 12.9. The summed E-state index contributed by atoms with van der Waals surface area (Å²) in [5.41, 5.74) is 3.80. The van der Waals surface area contributed by atoms with Crippen LogP contribution in [0.4, 0.5) is 4.79 Å². The second-order valence-corrected chi connectivity index (χ2v) is 18.8. The molecule has 15 heteroatoms. The normalized spacial score (nSPS) is 26.0. The van der Waals surface area contributed by atoms with Crippen LogP contribution in [0.3, 0.4) is 0 Å². The van der Waals surface area contributed by atoms with Gasteiger partial charge in [-0.2, -0.15) is 17.0 Å². The van der Waals surface area contributed by atoms with Crippen LogP contribution in [0.5, 0.6) is 0 Å². The number of carbonyl (C=O) groups is 5. The molecule has 0 aromatic carbocycles. The molecule has 2 aliphatic heterocycles. The fraction of sp³-hybridized carbons (Fsp3) is 0.844. The summed E-state index contributed by atoms with van der Waals surface area (Å²) in [6.07, 6.45) is 2.95. The molecule has 5 amide bonds. The van der Waals surface area contributed by atoms with Crippen molar-refractivity contribution in [2.75, 3.05) is 33.2 Å². The molecule has 0 spiro atoms. The third kappa shape index (κ3) is 7.93. The van der Waals surface area contributed by atoms with E-state index in [1.807, 2.05) is 55.4 Å². The maximum absolute atomic E-state index is 14.3. The van der Waals surface area contributed by atoms with Gasteiger partial charge in [0.1, 0.15) is 12.1 Å². The van der Waals surface area contributed by atoms with E-state index in [9.17, 15) is 32.4 Å². The highest BCUT2D eigenvalue weighted by atomic mass is 32.2. The van der Waals surface area contributed by atoms with Gasteiger partial charge in [-0.05, 0) is 46.8 Å². The molecule has 4 aliphatic rings. The van der Waals surface area contributed by atoms with Gasteiger partial charge in [-0.3, -0.25) is 19.2 Å². The summed E-state index contributed by atoms with van der Waals surface area (Å²) in [6.45, 7) is 16.5. The van der Waals surface area contributed by atoms with Gasteiger partial charge in [-0.1, -0.05) is 68.2 Å². The van der Waals surface area contributed by atoms with Gasteiger partial charge in [0, 0.05) is 39.3 Å². The van der Waals surface area contributed by atoms with Crippen LogP contribution in [0.25, 0.3) is 0 Å². The summed E-state index contributed by atoms with van der Waals surface area (Å²) in [6, 6.07) is -4.19. The predicted molar refractivity (Wildman–Crippen MR) is 176 cm³/mol. The Morgan fingerprint density at radius 3 is 2.02 bits per heavy atom. The molecule has 0 aromatic heterocycles. The number of hydrogen-bond acceptors (Lipinski definition) is 7. The largest absolute Gasteiger partial charge is 0.363 e. The van der Waals surface area contributed by atoms with Crippen molar-refractivity contribution < 1.29 is 32.4 Å². The van der Waals surface area contributed by atoms with Gasteiger partial charge in [-0.25, -0.2) is 4.79 Å². The SMILES string of the molecule is CN(C[C@@H](NC(=O)N[C@H](C(=O)N1C[C@H]2[C@@H]([C@H]1C(=O)NC(CC1CC1)C(=O)C(N)=O)C2(C)C)C(C)(C)C)C(C)(C)C)S(=O)(=O)N1CCC1. The number of likely N-dealkylation sites (tertiary alicyclic amines) is 1. The number of carbonyl (C=O) groups excluding carboxylic acids is 5. The number of hydrogen-bond donors (Lipinski definition) is 4. The van der Waals surface area contributed by atoms with E-state index in [1.54, 1.807) is 0 Å². The van der Waals surface area contributed by atoms with E-state index in [4.69, 9.17) is 5.73 Å². The number of ketones is 1. The van der Waals surface area contributed by atoms with Crippen molar-refractivity contribution in [3.63, 3.8) is 0 Å². The fourth-order valence-corrected chi connectivity index (χ4v) is 8.36. The van der Waals surface area contributed by atoms with E-state index in [2.05, 4.69) is 16.0 Å². The molecule has 0 aromatic rings. The van der Waals surface area contributed by atoms with Crippen molar-refractivity contribution in [3.8, 4) is 0 Å². The van der Waals surface area contributed by atoms with Crippen molar-refractivity contribution in [1.82, 2.24) is 29.5 Å². The number of urea groups is 1. The Morgan fingerprint density at radius 2 is 1.55 bits per heavy atom. The van der Waals surface area contributed by atoms with E-state index in [-0.39, 0.29) is 29.7 Å². The quantitative estimate of drug-likeness (QED) is 0.207. The van der Waals surface area contributed by atoms with Crippen LogP contribution in [0, 0.1) is 34.0 Å². The number of nitrogens with one attached hydrogen (secondary N) is 3. The van der Waals surface area contributed by atoms with E-state index in [0.717, 1.165) is 19.3 Å². The Bertz CT molecular complexity index is 1380. The molecule has 6 atom stereocenters. The zero-order valence-electron chi connectivity index (χ0n) is 29.4. The Balaban J connectivity index is 1.51. The molecular weight excluding hydrogens is 626 g/mol. The monoisotopic (exact) mass is 681 g/mol. The number of primary amides is 1. The summed E-state index contributed by atoms with van der Waals surface area (Å²) < 4.78 is 28.6. The summed E-state index contributed by atoms with van der Waals surface area (Å²) in [4.78, 5) is 67.6. The minimum atomic E-state index is -3.66. The molecule has 2 saturated heterocycles. The highest BCUT2D eigenvalue weighted by molar-refractivity contribution is 7.86. The van der Waals surface area contributed by atoms with Crippen LogP contribution in [0.2, 0.25) is 0 Å². The Labute approximate surface area is 279 Å². The molecule has 5 N–H and O–H groups in total. The maximum atomic E-state index is 14.3. The number of rotatable bonds is 13. The summed E-state index contributed by atoms with van der Waals surface area (Å²) in [5, 5.41) is 8.52. The number of nitrogens with two attached hydrogens (primary N) is 1. The van der Waals surface area contributed by atoms with E-state index >= 15 is 0 Å². The lowest BCUT2D eigenvalue weighted by Crippen LogP contribution is -2.63. The van der Waals surface area contributed by atoms with Crippen molar-refractivity contribution in [2.45, 2.75) is 105 Å². The summed E-state index contributed by atoms with van der Waals surface area (Å²) >= 11 is 0. The average Bonchev–Trinajstić information content (AvgIpc) is 3.75. The molecule has 14 nitrogen and oxygen atoms in total. The highest BCUT2D eigenvalue weighted by Crippen LogP contribution is 2.65. The minimum Gasteiger partial charge on any atom is -0.363 e. The number of Topliss-reactive ketones (excluding diaryl/α,β-unsaturated/α-hetero) is 1. The van der Waals surface area contributed by atoms with Crippen LogP contribution in [-0.4, -0.2) is 109 Å². The fourth-order valence-electron chi connectivity index (χ4n) is 6.91. The first kappa shape index (κ1) is 37.0. The van der Waals surface area contributed by atoms with Crippen molar-refractivity contribution in [2.24, 2.45) is 39.7 Å². The highest BCUT2D eigenvalue weighted by Gasteiger charge is 2.70. The Morgan fingerprint density at radius 1 is 0.957 bits per heavy atom. The summed E-state index contributed by atoms with van der Waals surface area (Å²) in [5.74, 6) is -2.76. The van der Waals surface area contributed by atoms with Crippen LogP contribution < -0.4 is 21.7 Å². The zero-order valence-corrected chi connectivity index (χ0v) is 30.2. The van der Waals surface area contributed by atoms with Gasteiger partial charge >= 0.3 is 6.03 Å². The lowest BCUT2D eigenvalue weighted by Gasteiger charge is -2.40. The van der Waals surface area contributed by atoms with Gasteiger partial charge in [0.15, 0.2) is 0 Å². The molecule has 4 rings (SSSR count). The number of likely N-dealkylation sites (N-methyl/N-ethyl adjacent to an activating group) is 1. The standard InChI is InChI=1S/C32H55N7O7S/c1-30(2,3)21(17-37(9)47(45,46)38-13-10-14-38)35-29(44)36-25(31(4,5)6)28(43)39-16-19-22(32(19,7)8)23(39)27(42)34-20(15-18-11-12-18)24(40)26(33)41/h18-23,25H,10-17H2,1-9H3,(H2,33,41)(H,34,42)(H2,35,36,44)/t19-,20?,21+,22-,23-,25+/m0/s1. The second-order valence-electron chi connectivity index (χ2n) is 16.7. The number of fused-ring (bicyclic) bond motifs is 1. The van der Waals surface area contributed by atoms with Crippen LogP contribution in [-0.2, 0) is 29.4 Å². The number of amides is 5. The summed E-state index contributed by atoms with van der Waals surface area (Å²) in [7, 11) is -2.17. The van der Waals surface area contributed by atoms with Crippen molar-refractivity contribution in [1.29, 1.82) is 0 Å². The van der Waals surface area contributed by atoms with E-state index < -0.39 is 74.7 Å². The van der Waals surface area contributed by atoms with Crippen LogP contribution in [0.1, 0.15) is 81.1 Å². The molecule has 266 valence electrons. The maximum Gasteiger partial charge on any atom is 0.315 e. The number of nitrogens with zero attached hydrogens (tertiary/aromatic N) is 3. The lowest BCUT2D eigenvalue weighted by molar-refractivity contribution is -0.145. The Hall–Kier alpha value is -2.78. The molecule has 1 unspecified atom stereocenters. The average molecular weight is 682 g/mol. The molecule has 0 bridgehead atoms. The first-order valence-electron chi connectivity index (χ1n) is 16.7. The van der Waals surface area contributed by atoms with Crippen molar-refractivity contribution in [3.05, 3.63) is 0 Å². The first-order chi connectivity index (χ1) is 21.5. The third-order valence-electron chi connectivity index (χ3n) is 10.6. The van der Waals surface area contributed by atoms with Gasteiger partial charge in [0.25, 0.3) is 16.1 Å². The zero-order chi connectivity index (χ0) is 35.4. The van der Waals surface area contributed by atoms with Crippen LogP contribution >= 0.6 is 0 Å². The molecular formula is C32H55N7O7S. The molecule has 47 heavy (non-hydrogen) atoms. The van der Waals surface area contributed by atoms with Gasteiger partial charge < -0.3 is 26.6 Å². The van der Waals surface area contributed by atoms with E-state index in [0.29, 0.717) is 26.1 Å². The van der Waals surface area contributed by atoms with Gasteiger partial charge in [0.05, 0.1) is 6.04 Å². The molecule has 4 fully saturated rings. The molecule has 2 saturated carbocycles. The predicted octanol–water partition coefficient (Wildman–Crippen LogP) is 0.820. The third-order valence-corrected chi connectivity index (χ3v) is 12.6. The molecule has 2 heterocycles. The lowest BCUT2D eigenvalue weighted by atomic mass is 9.85. The molecule has 2 aliphatic carbocycles. The van der Waals surface area contributed by atoms with Gasteiger partial charge in [0.2, 0.25) is 17.6 Å². The van der Waals surface area contributed by atoms with E-state index in [1.165, 1.54) is 20.6 Å². The number of piperidine rings is 1. The first-order valence-corrected chi connectivity index (χ1v) is 18.1.